The molecule has 0 aliphatic carbocycles. The second kappa shape index (κ2) is 5.51. The predicted molar refractivity (Wildman–Crippen MR) is 76.6 cm³/mol. The molecule has 1 aromatic rings. The number of carbonyl (C=O) groups is 1. The number of amides is 1. The molecule has 1 saturated heterocycles. The number of nitrogens with zero attached hydrogens (tertiary/aromatic N) is 2. The highest BCUT2D eigenvalue weighted by atomic mass is 79.9. The predicted octanol–water partition coefficient (Wildman–Crippen LogP) is 2.35. The van der Waals surface area contributed by atoms with Crippen molar-refractivity contribution in [1.82, 2.24) is 0 Å². The molecule has 1 amide bonds. The van der Waals surface area contributed by atoms with Crippen LogP contribution in [-0.2, 0) is 4.79 Å². The Hall–Kier alpha value is -2.07. The number of terminal acetylenes is 1. The molecule has 1 aromatic carbocycles. The van der Waals surface area contributed by atoms with Gasteiger partial charge in [-0.1, -0.05) is 0 Å². The molecule has 20 heavy (non-hydrogen) atoms. The largest absolute Gasteiger partial charge is 0.496 e. The van der Waals surface area contributed by atoms with E-state index in [-0.39, 0.29) is 36.2 Å². The third-order valence-corrected chi connectivity index (χ3v) is 3.68. The minimum Gasteiger partial charge on any atom is -0.496 e. The van der Waals surface area contributed by atoms with Gasteiger partial charge in [0.05, 0.1) is 22.6 Å². The van der Waals surface area contributed by atoms with E-state index in [1.807, 2.05) is 0 Å². The summed E-state index contributed by atoms with van der Waals surface area (Å²) in [5.74, 6) is 2.41. The van der Waals surface area contributed by atoms with Gasteiger partial charge in [0.2, 0.25) is 5.91 Å². The van der Waals surface area contributed by atoms with E-state index in [2.05, 4.69) is 21.9 Å². The summed E-state index contributed by atoms with van der Waals surface area (Å²) in [6, 6.07) is 2.87. The number of benzene rings is 1. The molecule has 0 aromatic heterocycles. The van der Waals surface area contributed by atoms with Crippen molar-refractivity contribution in [3.8, 4) is 18.1 Å². The van der Waals surface area contributed by atoms with Crippen LogP contribution < -0.4 is 9.64 Å². The van der Waals surface area contributed by atoms with Crippen LogP contribution in [0.2, 0.25) is 0 Å². The Balaban J connectivity index is 2.54. The maximum Gasteiger partial charge on any atom is 0.297 e. The zero-order chi connectivity index (χ0) is 14.9. The average molecular weight is 339 g/mol. The quantitative estimate of drug-likeness (QED) is 0.481. The van der Waals surface area contributed by atoms with Gasteiger partial charge in [0.1, 0.15) is 11.4 Å². The molecule has 0 bridgehead atoms. The normalized spacial score (nSPS) is 17.9. The summed E-state index contributed by atoms with van der Waals surface area (Å²) in [5, 5.41) is 11.2. The SMILES string of the molecule is C#CC1CC(=O)N(c2c(Br)cc(OC)cc2[N+](=O)[O-])C1. The Morgan fingerprint density at radius 1 is 1.60 bits per heavy atom. The van der Waals surface area contributed by atoms with E-state index in [9.17, 15) is 14.9 Å². The zero-order valence-corrected chi connectivity index (χ0v) is 12.2. The Bertz CT molecular complexity index is 624. The highest BCUT2D eigenvalue weighted by molar-refractivity contribution is 9.10. The number of halogens is 1. The number of rotatable bonds is 3. The monoisotopic (exact) mass is 338 g/mol. The number of ether oxygens (including phenoxy) is 1. The topological polar surface area (TPSA) is 72.7 Å². The molecule has 6 nitrogen and oxygen atoms in total. The first-order valence-corrected chi connectivity index (χ1v) is 6.55. The smallest absolute Gasteiger partial charge is 0.297 e. The minimum atomic E-state index is -0.543. The molecule has 0 radical (unpaired) electrons. The molecule has 1 fully saturated rings. The van der Waals surface area contributed by atoms with Crippen LogP contribution in [0.15, 0.2) is 16.6 Å². The van der Waals surface area contributed by atoms with Crippen molar-refractivity contribution in [3.63, 3.8) is 0 Å². The highest BCUT2D eigenvalue weighted by Gasteiger charge is 2.35. The molecular formula is C13H11BrN2O4. The molecule has 0 saturated carbocycles. The van der Waals surface area contributed by atoms with E-state index < -0.39 is 4.92 Å². The lowest BCUT2D eigenvalue weighted by atomic mass is 10.1. The van der Waals surface area contributed by atoms with E-state index in [1.165, 1.54) is 18.1 Å². The number of methoxy groups -OCH3 is 1. The summed E-state index contributed by atoms with van der Waals surface area (Å²) in [5.41, 5.74) is 0.0285. The molecule has 104 valence electrons. The van der Waals surface area contributed by atoms with E-state index in [4.69, 9.17) is 11.2 Å². The molecule has 1 heterocycles. The molecule has 0 spiro atoms. The van der Waals surface area contributed by atoms with Gasteiger partial charge in [-0.25, -0.2) is 0 Å². The lowest BCUT2D eigenvalue weighted by molar-refractivity contribution is -0.384. The van der Waals surface area contributed by atoms with E-state index in [0.29, 0.717) is 10.2 Å². The van der Waals surface area contributed by atoms with Gasteiger partial charge in [0.15, 0.2) is 0 Å². The third-order valence-electron chi connectivity index (χ3n) is 3.08. The number of nitro groups is 1. The van der Waals surface area contributed by atoms with Crippen molar-refractivity contribution in [3.05, 3.63) is 26.7 Å². The van der Waals surface area contributed by atoms with Crippen LogP contribution >= 0.6 is 15.9 Å². The summed E-state index contributed by atoms with van der Waals surface area (Å²) in [6.45, 7) is 0.279. The van der Waals surface area contributed by atoms with Gasteiger partial charge in [-0.2, -0.15) is 0 Å². The molecule has 7 heteroatoms. The summed E-state index contributed by atoms with van der Waals surface area (Å²) in [7, 11) is 1.42. The molecule has 1 unspecified atom stereocenters. The molecular weight excluding hydrogens is 328 g/mol. The second-order valence-corrected chi connectivity index (χ2v) is 5.16. The number of hydrogen-bond acceptors (Lipinski definition) is 4. The van der Waals surface area contributed by atoms with Crippen molar-refractivity contribution in [2.75, 3.05) is 18.6 Å². The van der Waals surface area contributed by atoms with Gasteiger partial charge in [-0.05, 0) is 22.0 Å². The molecule has 2 rings (SSSR count). The summed E-state index contributed by atoms with van der Waals surface area (Å²) >= 11 is 3.26. The first kappa shape index (κ1) is 14.3. The van der Waals surface area contributed by atoms with Gasteiger partial charge >= 0.3 is 0 Å². The minimum absolute atomic E-state index is 0.192. The van der Waals surface area contributed by atoms with Crippen LogP contribution in [0, 0.1) is 28.4 Å². The van der Waals surface area contributed by atoms with Crippen LogP contribution in [0.4, 0.5) is 11.4 Å². The number of hydrogen-bond donors (Lipinski definition) is 0. The van der Waals surface area contributed by atoms with Crippen molar-refractivity contribution in [1.29, 1.82) is 0 Å². The summed E-state index contributed by atoms with van der Waals surface area (Å²) < 4.78 is 5.43. The maximum absolute atomic E-state index is 12.0. The number of carbonyl (C=O) groups excluding carboxylic acids is 1. The molecule has 0 N–H and O–H groups in total. The summed E-state index contributed by atoms with van der Waals surface area (Å²) in [4.78, 5) is 24.0. The number of anilines is 1. The Labute approximate surface area is 124 Å². The lowest BCUT2D eigenvalue weighted by Gasteiger charge is -2.18. The Morgan fingerprint density at radius 2 is 2.30 bits per heavy atom. The van der Waals surface area contributed by atoms with Crippen molar-refractivity contribution in [2.45, 2.75) is 6.42 Å². The zero-order valence-electron chi connectivity index (χ0n) is 10.6. The average Bonchev–Trinajstić information content (AvgIpc) is 2.78. The van der Waals surface area contributed by atoms with Crippen LogP contribution in [0.1, 0.15) is 6.42 Å². The standard InChI is InChI=1S/C13H11BrN2O4/c1-3-8-4-12(17)15(7-8)13-10(14)5-9(20-2)6-11(13)16(18)19/h1,5-6,8H,4,7H2,2H3. The summed E-state index contributed by atoms with van der Waals surface area (Å²) in [6.07, 6.45) is 5.52. The van der Waals surface area contributed by atoms with Crippen molar-refractivity contribution < 1.29 is 14.5 Å². The van der Waals surface area contributed by atoms with Crippen LogP contribution in [-0.4, -0.2) is 24.5 Å². The molecule has 1 atom stereocenters. The number of nitro benzene ring substituents is 1. The highest BCUT2D eigenvalue weighted by Crippen LogP contribution is 2.41. The van der Waals surface area contributed by atoms with Gasteiger partial charge in [0, 0.05) is 18.9 Å². The first-order chi connectivity index (χ1) is 9.47. The fourth-order valence-electron chi connectivity index (χ4n) is 2.12. The second-order valence-electron chi connectivity index (χ2n) is 4.31. The van der Waals surface area contributed by atoms with Crippen molar-refractivity contribution in [2.24, 2.45) is 5.92 Å². The van der Waals surface area contributed by atoms with E-state index >= 15 is 0 Å². The van der Waals surface area contributed by atoms with Gasteiger partial charge in [-0.3, -0.25) is 14.9 Å². The molecule has 1 aliphatic rings. The maximum atomic E-state index is 12.0. The van der Waals surface area contributed by atoms with E-state index in [1.54, 1.807) is 6.07 Å². The van der Waals surface area contributed by atoms with Crippen molar-refractivity contribution >= 4 is 33.2 Å². The Morgan fingerprint density at radius 3 is 2.80 bits per heavy atom. The fourth-order valence-corrected chi connectivity index (χ4v) is 2.76. The first-order valence-electron chi connectivity index (χ1n) is 5.76. The van der Waals surface area contributed by atoms with Gasteiger partial charge in [-0.15, -0.1) is 12.3 Å². The molecule has 1 aliphatic heterocycles. The van der Waals surface area contributed by atoms with Crippen LogP contribution in [0.3, 0.4) is 0 Å². The third kappa shape index (κ3) is 2.47. The van der Waals surface area contributed by atoms with Gasteiger partial charge < -0.3 is 9.64 Å². The van der Waals surface area contributed by atoms with Crippen LogP contribution in [0.5, 0.6) is 5.75 Å². The van der Waals surface area contributed by atoms with E-state index in [0.717, 1.165) is 0 Å². The Kier molecular flexibility index (Phi) is 3.95. The lowest BCUT2D eigenvalue weighted by Crippen LogP contribution is -2.25. The fraction of sp³-hybridized carbons (Fsp3) is 0.308. The van der Waals surface area contributed by atoms with Gasteiger partial charge in [0.25, 0.3) is 5.69 Å². The van der Waals surface area contributed by atoms with Crippen LogP contribution in [0.25, 0.3) is 0 Å².